The molecule has 0 saturated heterocycles. The van der Waals surface area contributed by atoms with Gasteiger partial charge in [-0.25, -0.2) is 12.8 Å². The van der Waals surface area contributed by atoms with Gasteiger partial charge in [0.25, 0.3) is 0 Å². The van der Waals surface area contributed by atoms with Crippen molar-refractivity contribution in [2.24, 2.45) is 0 Å². The number of aryl methyl sites for hydroxylation is 1. The Balaban J connectivity index is 2.24. The molecule has 0 atom stereocenters. The van der Waals surface area contributed by atoms with Crippen molar-refractivity contribution < 1.29 is 12.8 Å². The molecule has 144 valence electrons. The molecule has 0 aliphatic heterocycles. The van der Waals surface area contributed by atoms with E-state index in [0.29, 0.717) is 37.7 Å². The molecule has 2 aromatic rings. The molecule has 0 spiro atoms. The van der Waals surface area contributed by atoms with Crippen LogP contribution in [0, 0.1) is 19.7 Å². The van der Waals surface area contributed by atoms with Crippen molar-refractivity contribution in [2.45, 2.75) is 45.8 Å². The van der Waals surface area contributed by atoms with E-state index in [1.165, 1.54) is 16.4 Å². The minimum absolute atomic E-state index is 0.269. The molecule has 0 radical (unpaired) electrons. The lowest BCUT2D eigenvalue weighted by Crippen LogP contribution is -2.31. The largest absolute Gasteiger partial charge is 0.283 e. The van der Waals surface area contributed by atoms with Crippen molar-refractivity contribution >= 4 is 10.0 Å². The number of halogens is 1. The first kappa shape index (κ1) is 20.5. The summed E-state index contributed by atoms with van der Waals surface area (Å²) in [6, 6.07) is 6.44. The molecular formula is C18H27FN4O2S. The molecule has 1 aromatic heterocycles. The van der Waals surface area contributed by atoms with Gasteiger partial charge in [-0.3, -0.25) is 9.58 Å². The summed E-state index contributed by atoms with van der Waals surface area (Å²) in [5, 5.41) is 4.42. The van der Waals surface area contributed by atoms with Gasteiger partial charge in [-0.05, 0) is 38.6 Å². The second kappa shape index (κ2) is 8.28. The quantitative estimate of drug-likeness (QED) is 0.704. The van der Waals surface area contributed by atoms with Crippen LogP contribution in [-0.4, -0.2) is 47.5 Å². The highest BCUT2D eigenvalue weighted by atomic mass is 32.2. The second-order valence-corrected chi connectivity index (χ2v) is 8.25. The second-order valence-electron chi connectivity index (χ2n) is 6.37. The van der Waals surface area contributed by atoms with Crippen LogP contribution in [0.15, 0.2) is 29.2 Å². The van der Waals surface area contributed by atoms with Gasteiger partial charge in [0.1, 0.15) is 10.7 Å². The first-order chi connectivity index (χ1) is 12.2. The fourth-order valence-corrected chi connectivity index (χ4v) is 4.94. The Morgan fingerprint density at radius 2 is 1.85 bits per heavy atom. The van der Waals surface area contributed by atoms with Gasteiger partial charge >= 0.3 is 0 Å². The zero-order valence-electron chi connectivity index (χ0n) is 16.0. The van der Waals surface area contributed by atoms with Crippen molar-refractivity contribution in [3.8, 4) is 0 Å². The predicted octanol–water partition coefficient (Wildman–Crippen LogP) is 2.76. The number of hydrogen-bond donors (Lipinski definition) is 0. The van der Waals surface area contributed by atoms with Crippen LogP contribution in [-0.2, 0) is 23.2 Å². The van der Waals surface area contributed by atoms with E-state index in [9.17, 15) is 12.8 Å². The summed E-state index contributed by atoms with van der Waals surface area (Å²) in [5.41, 5.74) is 1.96. The van der Waals surface area contributed by atoms with Crippen molar-refractivity contribution in [2.75, 3.05) is 20.1 Å². The first-order valence-electron chi connectivity index (χ1n) is 8.67. The Morgan fingerprint density at radius 1 is 1.19 bits per heavy atom. The van der Waals surface area contributed by atoms with Crippen LogP contribution >= 0.6 is 0 Å². The molecule has 0 unspecified atom stereocenters. The van der Waals surface area contributed by atoms with E-state index in [0.717, 1.165) is 5.56 Å². The Bertz CT molecular complexity index is 860. The number of sulfonamides is 1. The summed E-state index contributed by atoms with van der Waals surface area (Å²) in [7, 11) is -1.67. The molecule has 0 aliphatic rings. The summed E-state index contributed by atoms with van der Waals surface area (Å²) in [4.78, 5) is 2.24. The topological polar surface area (TPSA) is 58.4 Å². The molecule has 0 saturated carbocycles. The van der Waals surface area contributed by atoms with Gasteiger partial charge in [-0.1, -0.05) is 26.0 Å². The molecule has 0 aliphatic carbocycles. The highest BCUT2D eigenvalue weighted by Crippen LogP contribution is 2.23. The number of aromatic nitrogens is 2. The molecule has 0 bridgehead atoms. The van der Waals surface area contributed by atoms with Gasteiger partial charge in [0.05, 0.1) is 18.1 Å². The minimum atomic E-state index is -3.56. The van der Waals surface area contributed by atoms with E-state index in [2.05, 4.69) is 5.10 Å². The Labute approximate surface area is 155 Å². The first-order valence-corrected chi connectivity index (χ1v) is 10.1. The molecule has 6 nitrogen and oxygen atoms in total. The summed E-state index contributed by atoms with van der Waals surface area (Å²) in [6.07, 6.45) is 0. The molecule has 26 heavy (non-hydrogen) atoms. The highest BCUT2D eigenvalue weighted by molar-refractivity contribution is 7.89. The van der Waals surface area contributed by atoms with E-state index in [1.807, 2.05) is 31.9 Å². The van der Waals surface area contributed by atoms with Gasteiger partial charge in [-0.15, -0.1) is 0 Å². The van der Waals surface area contributed by atoms with Crippen LogP contribution in [0.5, 0.6) is 0 Å². The number of rotatable bonds is 8. The minimum Gasteiger partial charge on any atom is -0.283 e. The summed E-state index contributed by atoms with van der Waals surface area (Å²) in [6.45, 7) is 8.92. The maximum Gasteiger partial charge on any atom is 0.246 e. The SMILES string of the molecule is CCN(CC)S(=O)(=O)c1c(C)nn(CN(C)Cc2cccc(F)c2)c1C. The lowest BCUT2D eigenvalue weighted by atomic mass is 10.2. The zero-order chi connectivity index (χ0) is 19.5. The Morgan fingerprint density at radius 3 is 2.42 bits per heavy atom. The summed E-state index contributed by atoms with van der Waals surface area (Å²) in [5.74, 6) is -0.269. The molecule has 8 heteroatoms. The lowest BCUT2D eigenvalue weighted by molar-refractivity contribution is 0.242. The average Bonchev–Trinajstić information content (AvgIpc) is 2.82. The average molecular weight is 383 g/mol. The van der Waals surface area contributed by atoms with Crippen LogP contribution in [0.25, 0.3) is 0 Å². The van der Waals surface area contributed by atoms with Gasteiger partial charge in [0, 0.05) is 19.6 Å². The summed E-state index contributed by atoms with van der Waals surface area (Å²) >= 11 is 0. The third kappa shape index (κ3) is 4.31. The Kier molecular flexibility index (Phi) is 6.54. The van der Waals surface area contributed by atoms with Gasteiger partial charge in [-0.2, -0.15) is 9.40 Å². The molecule has 0 fully saturated rings. The van der Waals surface area contributed by atoms with Crippen molar-refractivity contribution in [3.63, 3.8) is 0 Å². The van der Waals surface area contributed by atoms with Crippen LogP contribution in [0.4, 0.5) is 4.39 Å². The third-order valence-corrected chi connectivity index (χ3v) is 6.64. The third-order valence-electron chi connectivity index (χ3n) is 4.34. The summed E-state index contributed by atoms with van der Waals surface area (Å²) < 4.78 is 42.2. The number of benzene rings is 1. The van der Waals surface area contributed by atoms with Crippen LogP contribution < -0.4 is 0 Å². The monoisotopic (exact) mass is 382 g/mol. The fourth-order valence-electron chi connectivity index (χ4n) is 3.11. The molecular weight excluding hydrogens is 355 g/mol. The van der Waals surface area contributed by atoms with Gasteiger partial charge in [0.2, 0.25) is 10.0 Å². The van der Waals surface area contributed by atoms with Gasteiger partial charge in [0.15, 0.2) is 0 Å². The van der Waals surface area contributed by atoms with Crippen LogP contribution in [0.3, 0.4) is 0 Å². The van der Waals surface area contributed by atoms with Crippen LogP contribution in [0.1, 0.15) is 30.8 Å². The van der Waals surface area contributed by atoms with E-state index in [1.54, 1.807) is 24.6 Å². The van der Waals surface area contributed by atoms with E-state index >= 15 is 0 Å². The highest BCUT2D eigenvalue weighted by Gasteiger charge is 2.29. The fraction of sp³-hybridized carbons (Fsp3) is 0.500. The van der Waals surface area contributed by atoms with Crippen molar-refractivity contribution in [3.05, 3.63) is 47.0 Å². The zero-order valence-corrected chi connectivity index (χ0v) is 16.8. The van der Waals surface area contributed by atoms with Gasteiger partial charge < -0.3 is 0 Å². The maximum atomic E-state index is 13.3. The van der Waals surface area contributed by atoms with E-state index in [4.69, 9.17) is 0 Å². The van der Waals surface area contributed by atoms with Crippen LogP contribution in [0.2, 0.25) is 0 Å². The van der Waals surface area contributed by atoms with E-state index < -0.39 is 10.0 Å². The normalized spacial score (nSPS) is 12.3. The van der Waals surface area contributed by atoms with Crippen molar-refractivity contribution in [1.29, 1.82) is 0 Å². The predicted molar refractivity (Wildman–Crippen MR) is 99.7 cm³/mol. The number of hydrogen-bond acceptors (Lipinski definition) is 4. The molecule has 1 aromatic carbocycles. The standard InChI is InChI=1S/C18H27FN4O2S/c1-6-22(7-2)26(24,25)18-14(3)20-23(15(18)4)13-21(5)12-16-9-8-10-17(19)11-16/h8-11H,6-7,12-13H2,1-5H3. The molecule has 0 N–H and O–H groups in total. The smallest absolute Gasteiger partial charge is 0.246 e. The molecule has 2 rings (SSSR count). The molecule has 1 heterocycles. The maximum absolute atomic E-state index is 13.3. The van der Waals surface area contributed by atoms with Crippen molar-refractivity contribution in [1.82, 2.24) is 19.0 Å². The Hall–Kier alpha value is -1.77. The lowest BCUT2D eigenvalue weighted by Gasteiger charge is -2.20. The van der Waals surface area contributed by atoms with E-state index in [-0.39, 0.29) is 10.7 Å². The molecule has 0 amide bonds. The number of nitrogens with zero attached hydrogens (tertiary/aromatic N) is 4.